The van der Waals surface area contributed by atoms with Gasteiger partial charge in [0.25, 0.3) is 0 Å². The summed E-state index contributed by atoms with van der Waals surface area (Å²) in [6.45, 7) is 9.29. The summed E-state index contributed by atoms with van der Waals surface area (Å²) >= 11 is 0. The lowest BCUT2D eigenvalue weighted by Crippen LogP contribution is -2.53. The fourth-order valence-electron chi connectivity index (χ4n) is 4.41. The van der Waals surface area contributed by atoms with E-state index < -0.39 is 0 Å². The van der Waals surface area contributed by atoms with Gasteiger partial charge in [-0.1, -0.05) is 32.0 Å². The third kappa shape index (κ3) is 5.53. The van der Waals surface area contributed by atoms with Crippen LogP contribution in [-0.2, 0) is 16.0 Å². The van der Waals surface area contributed by atoms with E-state index in [0.717, 1.165) is 26.2 Å². The highest BCUT2D eigenvalue weighted by Gasteiger charge is 2.28. The zero-order valence-corrected chi connectivity index (χ0v) is 17.1. The Labute approximate surface area is 167 Å². The molecule has 5 nitrogen and oxygen atoms in total. The first kappa shape index (κ1) is 20.8. The number of carbonyl (C=O) groups is 2. The number of piperidine rings is 1. The lowest BCUT2D eigenvalue weighted by molar-refractivity contribution is -0.136. The van der Waals surface area contributed by atoms with Crippen molar-refractivity contribution in [3.8, 4) is 0 Å². The van der Waals surface area contributed by atoms with E-state index in [1.54, 1.807) is 18.2 Å². The summed E-state index contributed by atoms with van der Waals surface area (Å²) in [4.78, 5) is 31.1. The van der Waals surface area contributed by atoms with Crippen molar-refractivity contribution in [2.24, 2.45) is 11.8 Å². The number of halogens is 1. The Morgan fingerprint density at radius 1 is 0.964 bits per heavy atom. The van der Waals surface area contributed by atoms with E-state index in [-0.39, 0.29) is 17.6 Å². The lowest BCUT2D eigenvalue weighted by Gasteiger charge is -2.38. The lowest BCUT2D eigenvalue weighted by atomic mass is 9.92. The van der Waals surface area contributed by atoms with Crippen LogP contribution in [0.15, 0.2) is 24.3 Å². The molecule has 3 rings (SSSR count). The van der Waals surface area contributed by atoms with Crippen molar-refractivity contribution >= 4 is 11.8 Å². The van der Waals surface area contributed by atoms with Gasteiger partial charge in [-0.2, -0.15) is 0 Å². The van der Waals surface area contributed by atoms with E-state index in [1.165, 1.54) is 12.5 Å². The van der Waals surface area contributed by atoms with Gasteiger partial charge in [-0.15, -0.1) is 0 Å². The van der Waals surface area contributed by atoms with Gasteiger partial charge in [-0.25, -0.2) is 4.39 Å². The molecule has 154 valence electrons. The Hall–Kier alpha value is -1.95. The molecule has 0 aromatic heterocycles. The quantitative estimate of drug-likeness (QED) is 0.777. The number of likely N-dealkylation sites (tertiary alicyclic amines) is 1. The van der Waals surface area contributed by atoms with Crippen molar-refractivity contribution in [3.05, 3.63) is 35.6 Å². The molecule has 2 atom stereocenters. The minimum absolute atomic E-state index is 0.0629. The zero-order chi connectivity index (χ0) is 20.1. The fraction of sp³-hybridized carbons (Fsp3) is 0.636. The fourth-order valence-corrected chi connectivity index (χ4v) is 4.41. The Kier molecular flexibility index (Phi) is 7.05. The number of piperazine rings is 1. The molecule has 0 bridgehead atoms. The van der Waals surface area contributed by atoms with Gasteiger partial charge < -0.3 is 9.80 Å². The molecule has 0 radical (unpaired) electrons. The van der Waals surface area contributed by atoms with Crippen molar-refractivity contribution in [2.75, 3.05) is 45.8 Å². The van der Waals surface area contributed by atoms with Crippen LogP contribution in [0.25, 0.3) is 0 Å². The first-order valence-corrected chi connectivity index (χ1v) is 10.4. The molecular formula is C22H32FN3O2. The molecule has 28 heavy (non-hydrogen) atoms. The molecule has 0 N–H and O–H groups in total. The predicted molar refractivity (Wildman–Crippen MR) is 107 cm³/mol. The zero-order valence-electron chi connectivity index (χ0n) is 17.1. The summed E-state index contributed by atoms with van der Waals surface area (Å²) in [5.41, 5.74) is 0.588. The minimum Gasteiger partial charge on any atom is -0.341 e. The second-order valence-electron chi connectivity index (χ2n) is 8.49. The van der Waals surface area contributed by atoms with Gasteiger partial charge in [-0.05, 0) is 36.3 Å². The topological polar surface area (TPSA) is 43.9 Å². The summed E-state index contributed by atoms with van der Waals surface area (Å²) in [5, 5.41) is 0. The molecule has 1 aromatic carbocycles. The summed E-state index contributed by atoms with van der Waals surface area (Å²) < 4.78 is 13.7. The molecule has 2 aliphatic rings. The van der Waals surface area contributed by atoms with Crippen LogP contribution >= 0.6 is 0 Å². The standard InChI is InChI=1S/C22H32FN3O2/c1-17-13-18(2)15-26(14-17)22(28)16-24-9-11-25(12-10-24)21(27)8-7-19-5-3-4-6-20(19)23/h3-6,17-18H,7-16H2,1-2H3. The van der Waals surface area contributed by atoms with Gasteiger partial charge in [0.15, 0.2) is 0 Å². The average molecular weight is 390 g/mol. The number of nitrogens with zero attached hydrogens (tertiary/aromatic N) is 3. The van der Waals surface area contributed by atoms with E-state index >= 15 is 0 Å². The number of rotatable bonds is 5. The van der Waals surface area contributed by atoms with Crippen molar-refractivity contribution < 1.29 is 14.0 Å². The SMILES string of the molecule is CC1CC(C)CN(C(=O)CN2CCN(C(=O)CCc3ccccc3F)CC2)C1. The van der Waals surface area contributed by atoms with E-state index in [1.807, 2.05) is 9.80 Å². The molecular weight excluding hydrogens is 357 g/mol. The van der Waals surface area contributed by atoms with Gasteiger partial charge >= 0.3 is 0 Å². The van der Waals surface area contributed by atoms with E-state index in [2.05, 4.69) is 18.7 Å². The van der Waals surface area contributed by atoms with E-state index in [0.29, 0.717) is 49.9 Å². The molecule has 0 spiro atoms. The van der Waals surface area contributed by atoms with Crippen LogP contribution in [-0.4, -0.2) is 72.3 Å². The Balaban J connectivity index is 1.41. The average Bonchev–Trinajstić information content (AvgIpc) is 2.67. The van der Waals surface area contributed by atoms with Crippen LogP contribution in [0.4, 0.5) is 4.39 Å². The number of benzene rings is 1. The maximum Gasteiger partial charge on any atom is 0.236 e. The Bertz CT molecular complexity index is 678. The van der Waals surface area contributed by atoms with Crippen LogP contribution in [0.2, 0.25) is 0 Å². The van der Waals surface area contributed by atoms with Gasteiger partial charge in [-0.3, -0.25) is 14.5 Å². The van der Waals surface area contributed by atoms with Crippen LogP contribution < -0.4 is 0 Å². The molecule has 2 unspecified atom stereocenters. The number of amides is 2. The second-order valence-corrected chi connectivity index (χ2v) is 8.49. The second kappa shape index (κ2) is 9.50. The molecule has 0 aliphatic carbocycles. The maximum absolute atomic E-state index is 13.7. The molecule has 2 saturated heterocycles. The van der Waals surface area contributed by atoms with Gasteiger partial charge in [0.2, 0.25) is 11.8 Å². The molecule has 2 fully saturated rings. The smallest absolute Gasteiger partial charge is 0.236 e. The summed E-state index contributed by atoms with van der Waals surface area (Å²) in [6, 6.07) is 6.61. The molecule has 6 heteroatoms. The highest BCUT2D eigenvalue weighted by molar-refractivity contribution is 5.79. The third-order valence-electron chi connectivity index (χ3n) is 5.87. The van der Waals surface area contributed by atoms with Crippen molar-refractivity contribution in [3.63, 3.8) is 0 Å². The van der Waals surface area contributed by atoms with E-state index in [9.17, 15) is 14.0 Å². The normalized spacial score (nSPS) is 23.7. The number of hydrogen-bond acceptors (Lipinski definition) is 3. The van der Waals surface area contributed by atoms with Crippen LogP contribution in [0.5, 0.6) is 0 Å². The number of aryl methyl sites for hydroxylation is 1. The molecule has 2 heterocycles. The maximum atomic E-state index is 13.7. The summed E-state index contributed by atoms with van der Waals surface area (Å²) in [6.07, 6.45) is 1.94. The first-order chi connectivity index (χ1) is 13.4. The van der Waals surface area contributed by atoms with Crippen molar-refractivity contribution in [2.45, 2.75) is 33.1 Å². The number of hydrogen-bond donors (Lipinski definition) is 0. The van der Waals surface area contributed by atoms with Gasteiger partial charge in [0, 0.05) is 45.7 Å². The predicted octanol–water partition coefficient (Wildman–Crippen LogP) is 2.41. The van der Waals surface area contributed by atoms with Gasteiger partial charge in [0.05, 0.1) is 6.54 Å². The third-order valence-corrected chi connectivity index (χ3v) is 5.87. The highest BCUT2D eigenvalue weighted by Crippen LogP contribution is 2.21. The van der Waals surface area contributed by atoms with Crippen LogP contribution in [0.1, 0.15) is 32.3 Å². The van der Waals surface area contributed by atoms with Crippen molar-refractivity contribution in [1.82, 2.24) is 14.7 Å². The van der Waals surface area contributed by atoms with Crippen molar-refractivity contribution in [1.29, 1.82) is 0 Å². The van der Waals surface area contributed by atoms with Crippen LogP contribution in [0, 0.1) is 17.7 Å². The molecule has 2 amide bonds. The molecule has 2 aliphatic heterocycles. The molecule has 0 saturated carbocycles. The molecule has 1 aromatic rings. The number of carbonyl (C=O) groups excluding carboxylic acids is 2. The Morgan fingerprint density at radius 2 is 1.61 bits per heavy atom. The Morgan fingerprint density at radius 3 is 2.25 bits per heavy atom. The van der Waals surface area contributed by atoms with Gasteiger partial charge in [0.1, 0.15) is 5.82 Å². The van der Waals surface area contributed by atoms with E-state index in [4.69, 9.17) is 0 Å². The summed E-state index contributed by atoms with van der Waals surface area (Å²) in [7, 11) is 0. The minimum atomic E-state index is -0.250. The van der Waals surface area contributed by atoms with Crippen LogP contribution in [0.3, 0.4) is 0 Å². The summed E-state index contributed by atoms with van der Waals surface area (Å²) in [5.74, 6) is 1.15. The first-order valence-electron chi connectivity index (χ1n) is 10.4. The largest absolute Gasteiger partial charge is 0.341 e. The monoisotopic (exact) mass is 389 g/mol. The highest BCUT2D eigenvalue weighted by atomic mass is 19.1.